The number of nitrogens with zero attached hydrogens (tertiary/aromatic N) is 1. The van der Waals surface area contributed by atoms with Crippen molar-refractivity contribution in [3.05, 3.63) is 65.3 Å². The van der Waals surface area contributed by atoms with Gasteiger partial charge in [0.25, 0.3) is 0 Å². The molecule has 0 saturated carbocycles. The predicted molar refractivity (Wildman–Crippen MR) is 85.2 cm³/mol. The van der Waals surface area contributed by atoms with Crippen LogP contribution >= 0.6 is 23.4 Å². The first-order chi connectivity index (χ1) is 9.79. The summed E-state index contributed by atoms with van der Waals surface area (Å²) in [5, 5.41) is 1.86. The van der Waals surface area contributed by atoms with E-state index in [1.165, 1.54) is 0 Å². The Kier molecular flexibility index (Phi) is 3.92. The van der Waals surface area contributed by atoms with E-state index < -0.39 is 0 Å². The maximum absolute atomic E-state index is 6.25. The van der Waals surface area contributed by atoms with Gasteiger partial charge in [-0.15, -0.1) is 0 Å². The molecule has 2 aromatic carbocycles. The van der Waals surface area contributed by atoms with E-state index in [1.807, 2.05) is 48.7 Å². The van der Waals surface area contributed by atoms with Crippen molar-refractivity contribution in [2.75, 3.05) is 0 Å². The van der Waals surface area contributed by atoms with E-state index in [2.05, 4.69) is 11.1 Å². The Morgan fingerprint density at radius 2 is 1.80 bits per heavy atom. The minimum atomic E-state index is 0.463. The molecule has 3 rings (SSSR count). The lowest BCUT2D eigenvalue weighted by atomic mass is 10.1. The van der Waals surface area contributed by atoms with Crippen LogP contribution in [0, 0.1) is 0 Å². The van der Waals surface area contributed by atoms with Crippen LogP contribution in [0.25, 0.3) is 10.9 Å². The van der Waals surface area contributed by atoms with Crippen LogP contribution in [-0.2, 0) is 6.54 Å². The van der Waals surface area contributed by atoms with Crippen LogP contribution in [-0.4, -0.2) is 4.98 Å². The number of nitrogens with two attached hydrogens (primary N) is 1. The summed E-state index contributed by atoms with van der Waals surface area (Å²) in [4.78, 5) is 6.61. The lowest BCUT2D eigenvalue weighted by Gasteiger charge is -2.11. The maximum atomic E-state index is 6.25. The van der Waals surface area contributed by atoms with Crippen LogP contribution < -0.4 is 5.73 Å². The normalized spacial score (nSPS) is 10.9. The number of halogens is 1. The molecule has 0 bridgehead atoms. The summed E-state index contributed by atoms with van der Waals surface area (Å²) in [7, 11) is 0. The lowest BCUT2D eigenvalue weighted by Crippen LogP contribution is -2.00. The molecule has 0 atom stereocenters. The molecule has 0 aliphatic rings. The number of hydrogen-bond acceptors (Lipinski definition) is 3. The Balaban J connectivity index is 2.16. The van der Waals surface area contributed by atoms with E-state index in [4.69, 9.17) is 17.3 Å². The monoisotopic (exact) mass is 300 g/mol. The third-order valence-corrected chi connectivity index (χ3v) is 4.77. The topological polar surface area (TPSA) is 38.9 Å². The molecule has 0 saturated heterocycles. The number of pyridine rings is 1. The molecule has 2 nitrogen and oxygen atoms in total. The second-order valence-corrected chi connectivity index (χ2v) is 5.83. The number of para-hydroxylation sites is 1. The number of hydrogen-bond donors (Lipinski definition) is 1. The first kappa shape index (κ1) is 13.4. The fourth-order valence-corrected chi connectivity index (χ4v) is 3.39. The van der Waals surface area contributed by atoms with E-state index >= 15 is 0 Å². The molecule has 4 heteroatoms. The average molecular weight is 301 g/mol. The van der Waals surface area contributed by atoms with Crippen molar-refractivity contribution in [1.29, 1.82) is 0 Å². The van der Waals surface area contributed by atoms with Gasteiger partial charge in [-0.25, -0.2) is 0 Å². The Hall–Kier alpha value is -1.55. The molecule has 1 heterocycles. The van der Waals surface area contributed by atoms with E-state index in [0.717, 1.165) is 31.3 Å². The zero-order valence-corrected chi connectivity index (χ0v) is 12.3. The van der Waals surface area contributed by atoms with Crippen LogP contribution in [0.3, 0.4) is 0 Å². The van der Waals surface area contributed by atoms with Crippen molar-refractivity contribution < 1.29 is 0 Å². The average Bonchev–Trinajstić information content (AvgIpc) is 2.50. The van der Waals surface area contributed by atoms with Gasteiger partial charge in [-0.3, -0.25) is 4.98 Å². The number of benzene rings is 2. The van der Waals surface area contributed by atoms with Crippen LogP contribution in [0.5, 0.6) is 0 Å². The van der Waals surface area contributed by atoms with E-state index in [9.17, 15) is 0 Å². The first-order valence-electron chi connectivity index (χ1n) is 6.28. The van der Waals surface area contributed by atoms with Crippen molar-refractivity contribution in [2.24, 2.45) is 5.73 Å². The highest BCUT2D eigenvalue weighted by Gasteiger charge is 2.11. The van der Waals surface area contributed by atoms with E-state index in [-0.39, 0.29) is 0 Å². The van der Waals surface area contributed by atoms with Crippen LogP contribution in [0.15, 0.2) is 64.5 Å². The zero-order valence-electron chi connectivity index (χ0n) is 10.7. The fraction of sp³-hybridized carbons (Fsp3) is 0.0625. The Bertz CT molecular complexity index is 758. The van der Waals surface area contributed by atoms with Gasteiger partial charge >= 0.3 is 0 Å². The smallest absolute Gasteiger partial charge is 0.0713 e. The Morgan fingerprint density at radius 3 is 2.60 bits per heavy atom. The highest BCUT2D eigenvalue weighted by molar-refractivity contribution is 7.99. The van der Waals surface area contributed by atoms with Crippen LogP contribution in [0.4, 0.5) is 0 Å². The van der Waals surface area contributed by atoms with Gasteiger partial charge in [-0.1, -0.05) is 53.7 Å². The predicted octanol–water partition coefficient (Wildman–Crippen LogP) is 4.50. The second-order valence-electron chi connectivity index (χ2n) is 4.37. The van der Waals surface area contributed by atoms with Gasteiger partial charge in [0.15, 0.2) is 0 Å². The molecule has 0 fully saturated rings. The fourth-order valence-electron chi connectivity index (χ4n) is 2.06. The quantitative estimate of drug-likeness (QED) is 0.774. The SMILES string of the molecule is NCc1cnc2ccccc2c1Sc1ccccc1Cl. The van der Waals surface area contributed by atoms with Crippen molar-refractivity contribution in [1.82, 2.24) is 4.98 Å². The summed E-state index contributed by atoms with van der Waals surface area (Å²) in [6.45, 7) is 0.463. The van der Waals surface area contributed by atoms with Crippen molar-refractivity contribution in [2.45, 2.75) is 16.3 Å². The van der Waals surface area contributed by atoms with E-state index in [0.29, 0.717) is 6.54 Å². The molecule has 0 radical (unpaired) electrons. The summed E-state index contributed by atoms with van der Waals surface area (Å²) in [6.07, 6.45) is 1.85. The molecule has 100 valence electrons. The highest BCUT2D eigenvalue weighted by atomic mass is 35.5. The molecule has 0 spiro atoms. The van der Waals surface area contributed by atoms with Gasteiger partial charge < -0.3 is 5.73 Å². The summed E-state index contributed by atoms with van der Waals surface area (Å²) < 4.78 is 0. The summed E-state index contributed by atoms with van der Waals surface area (Å²) in [5.41, 5.74) is 7.85. The second kappa shape index (κ2) is 5.83. The van der Waals surface area contributed by atoms with E-state index in [1.54, 1.807) is 11.8 Å². The minimum absolute atomic E-state index is 0.463. The third-order valence-electron chi connectivity index (χ3n) is 3.07. The molecule has 0 amide bonds. The number of fused-ring (bicyclic) bond motifs is 1. The third kappa shape index (κ3) is 2.52. The number of aromatic nitrogens is 1. The Morgan fingerprint density at radius 1 is 1.05 bits per heavy atom. The molecule has 3 aromatic rings. The standard InChI is InChI=1S/C16H13ClN2S/c17-13-6-2-4-8-15(13)20-16-11(9-18)10-19-14-7-3-1-5-12(14)16/h1-8,10H,9,18H2. The highest BCUT2D eigenvalue weighted by Crippen LogP contribution is 2.38. The molecule has 0 unspecified atom stereocenters. The van der Waals surface area contributed by atoms with Gasteiger partial charge in [0.05, 0.1) is 10.5 Å². The first-order valence-corrected chi connectivity index (χ1v) is 7.48. The molecule has 0 aliphatic carbocycles. The van der Waals surface area contributed by atoms with Gasteiger partial charge in [0.2, 0.25) is 0 Å². The molecule has 1 aromatic heterocycles. The number of rotatable bonds is 3. The minimum Gasteiger partial charge on any atom is -0.326 e. The largest absolute Gasteiger partial charge is 0.326 e. The van der Waals surface area contributed by atoms with Gasteiger partial charge in [0, 0.05) is 27.9 Å². The van der Waals surface area contributed by atoms with Crippen molar-refractivity contribution >= 4 is 34.3 Å². The van der Waals surface area contributed by atoms with Gasteiger partial charge in [-0.05, 0) is 23.8 Å². The van der Waals surface area contributed by atoms with Gasteiger partial charge in [0.1, 0.15) is 0 Å². The Labute approximate surface area is 127 Å². The molecule has 20 heavy (non-hydrogen) atoms. The summed E-state index contributed by atoms with van der Waals surface area (Å²) in [6, 6.07) is 15.9. The lowest BCUT2D eigenvalue weighted by molar-refractivity contribution is 1.02. The van der Waals surface area contributed by atoms with Crippen LogP contribution in [0.1, 0.15) is 5.56 Å². The molecular weight excluding hydrogens is 288 g/mol. The van der Waals surface area contributed by atoms with Gasteiger partial charge in [-0.2, -0.15) is 0 Å². The van der Waals surface area contributed by atoms with Crippen LogP contribution in [0.2, 0.25) is 5.02 Å². The van der Waals surface area contributed by atoms with Crippen molar-refractivity contribution in [3.63, 3.8) is 0 Å². The molecule has 0 aliphatic heterocycles. The molecular formula is C16H13ClN2S. The zero-order chi connectivity index (χ0) is 13.9. The summed E-state index contributed by atoms with van der Waals surface area (Å²) >= 11 is 7.90. The maximum Gasteiger partial charge on any atom is 0.0713 e. The molecule has 2 N–H and O–H groups in total. The van der Waals surface area contributed by atoms with Crippen molar-refractivity contribution in [3.8, 4) is 0 Å². The summed E-state index contributed by atoms with van der Waals surface area (Å²) in [5.74, 6) is 0.